The molecule has 6 rings (SSSR count). The number of hydrogen-bond donors (Lipinski definition) is 5. The van der Waals surface area contributed by atoms with Gasteiger partial charge in [0.05, 0.1) is 44.5 Å². The molecule has 1 aliphatic carbocycles. The number of aryl methyl sites for hydroxylation is 2. The topological polar surface area (TPSA) is 219 Å². The van der Waals surface area contributed by atoms with Gasteiger partial charge in [-0.15, -0.1) is 11.3 Å². The predicted octanol–water partition coefficient (Wildman–Crippen LogP) is 8.73. The summed E-state index contributed by atoms with van der Waals surface area (Å²) in [5.74, 6) is -0.831. The fourth-order valence-corrected chi connectivity index (χ4v) is 11.1. The first-order valence-corrected chi connectivity index (χ1v) is 25.2. The van der Waals surface area contributed by atoms with E-state index in [-0.39, 0.29) is 55.3 Å². The van der Waals surface area contributed by atoms with Crippen LogP contribution in [0.15, 0.2) is 71.5 Å². The average molecular weight is 996 g/mol. The number of benzene rings is 2. The van der Waals surface area contributed by atoms with Gasteiger partial charge in [0.25, 0.3) is 5.91 Å². The SMILES string of the molecule is Cc1ncsc1-c1ccc(C(C)NC(=O)[C@@H]2C[C@@H](O)CN2C(=O)C(NC(=O)CCCC/C(CCCc2ccc(C(=O)N[C@H]3C(C)(C)[C@H](Oc4ccc(C#N)c(Cl)c4)C3(C)C)nc2)=N\O)C(C)(C)C)cc1. The Balaban J connectivity index is 0.920. The van der Waals surface area contributed by atoms with Crippen LogP contribution in [-0.4, -0.2) is 91.4 Å². The van der Waals surface area contributed by atoms with Crippen LogP contribution in [-0.2, 0) is 20.8 Å². The van der Waals surface area contributed by atoms with Crippen molar-refractivity contribution in [3.63, 3.8) is 0 Å². The van der Waals surface area contributed by atoms with Crippen molar-refractivity contribution in [3.8, 4) is 22.3 Å². The Morgan fingerprint density at radius 3 is 2.27 bits per heavy atom. The molecule has 2 unspecified atom stereocenters. The van der Waals surface area contributed by atoms with Crippen molar-refractivity contribution in [2.45, 2.75) is 150 Å². The Hall–Kier alpha value is -5.89. The molecule has 4 aromatic rings. The second kappa shape index (κ2) is 22.5. The monoisotopic (exact) mass is 994 g/mol. The molecule has 2 fully saturated rings. The van der Waals surface area contributed by atoms with Gasteiger partial charge in [0, 0.05) is 48.5 Å². The first-order chi connectivity index (χ1) is 33.0. The van der Waals surface area contributed by atoms with Crippen molar-refractivity contribution in [3.05, 3.63) is 99.4 Å². The van der Waals surface area contributed by atoms with Crippen LogP contribution in [0.3, 0.4) is 0 Å². The van der Waals surface area contributed by atoms with Crippen LogP contribution >= 0.6 is 22.9 Å². The highest BCUT2D eigenvalue weighted by molar-refractivity contribution is 7.13. The number of aliphatic hydroxyl groups is 1. The smallest absolute Gasteiger partial charge is 0.270 e. The van der Waals surface area contributed by atoms with E-state index in [1.54, 1.807) is 41.8 Å². The molecule has 1 saturated heterocycles. The largest absolute Gasteiger partial charge is 0.489 e. The lowest BCUT2D eigenvalue weighted by atomic mass is 9.49. The normalized spacial score (nSPS) is 20.4. The van der Waals surface area contributed by atoms with Gasteiger partial charge < -0.3 is 35.9 Å². The molecule has 4 atom stereocenters. The number of ether oxygens (including phenoxy) is 1. The molecule has 1 saturated carbocycles. The molecule has 5 N–H and O–H groups in total. The summed E-state index contributed by atoms with van der Waals surface area (Å²) >= 11 is 7.81. The molecule has 1 aliphatic heterocycles. The third-order valence-corrected chi connectivity index (χ3v) is 15.0. The molecule has 374 valence electrons. The van der Waals surface area contributed by atoms with E-state index in [4.69, 9.17) is 16.3 Å². The molecule has 4 amide bonds. The number of nitriles is 1. The van der Waals surface area contributed by atoms with Gasteiger partial charge in [-0.1, -0.05) is 95.6 Å². The third-order valence-electron chi connectivity index (χ3n) is 13.7. The number of likely N-dealkylation sites (tertiary alicyclic amines) is 1. The molecule has 70 heavy (non-hydrogen) atoms. The number of carbonyl (C=O) groups excluding carboxylic acids is 4. The Kier molecular flexibility index (Phi) is 17.2. The summed E-state index contributed by atoms with van der Waals surface area (Å²) in [7, 11) is 0. The van der Waals surface area contributed by atoms with Crippen molar-refractivity contribution >= 4 is 52.3 Å². The van der Waals surface area contributed by atoms with Gasteiger partial charge in [0.2, 0.25) is 17.7 Å². The van der Waals surface area contributed by atoms with Crippen LogP contribution in [0.2, 0.25) is 5.02 Å². The van der Waals surface area contributed by atoms with Crippen molar-refractivity contribution in [2.24, 2.45) is 21.4 Å². The number of halogens is 1. The van der Waals surface area contributed by atoms with E-state index in [0.717, 1.165) is 27.3 Å². The first kappa shape index (κ1) is 53.5. The minimum atomic E-state index is -0.939. The molecular formula is C53H67ClN8O7S. The Morgan fingerprint density at radius 1 is 0.986 bits per heavy atom. The van der Waals surface area contributed by atoms with Crippen LogP contribution in [0.1, 0.15) is 139 Å². The summed E-state index contributed by atoms with van der Waals surface area (Å²) in [6.45, 7) is 17.5. The zero-order chi connectivity index (χ0) is 51.1. The summed E-state index contributed by atoms with van der Waals surface area (Å²) in [6, 6.07) is 16.1. The van der Waals surface area contributed by atoms with Crippen molar-refractivity contribution in [1.29, 1.82) is 5.26 Å². The summed E-state index contributed by atoms with van der Waals surface area (Å²) in [4.78, 5) is 65.8. The van der Waals surface area contributed by atoms with Gasteiger partial charge >= 0.3 is 0 Å². The highest BCUT2D eigenvalue weighted by Crippen LogP contribution is 2.55. The first-order valence-electron chi connectivity index (χ1n) is 24.0. The fourth-order valence-electron chi connectivity index (χ4n) is 10.1. The fraction of sp³-hybridized carbons (Fsp3) is 0.509. The number of oxime groups is 1. The minimum Gasteiger partial charge on any atom is -0.489 e. The Morgan fingerprint density at radius 2 is 1.67 bits per heavy atom. The van der Waals surface area contributed by atoms with Crippen LogP contribution in [0.4, 0.5) is 0 Å². The molecule has 0 bridgehead atoms. The van der Waals surface area contributed by atoms with Gasteiger partial charge in [0.15, 0.2) is 0 Å². The molecule has 0 radical (unpaired) electrons. The Bertz CT molecular complexity index is 2570. The van der Waals surface area contributed by atoms with E-state index in [1.807, 2.05) is 98.2 Å². The van der Waals surface area contributed by atoms with E-state index in [2.05, 4.69) is 37.1 Å². The molecule has 17 heteroatoms. The van der Waals surface area contributed by atoms with Gasteiger partial charge in [0.1, 0.15) is 35.7 Å². The maximum Gasteiger partial charge on any atom is 0.270 e. The van der Waals surface area contributed by atoms with Crippen LogP contribution in [0.5, 0.6) is 5.75 Å². The molecule has 15 nitrogen and oxygen atoms in total. The zero-order valence-corrected chi connectivity index (χ0v) is 43.2. The summed E-state index contributed by atoms with van der Waals surface area (Å²) in [5, 5.41) is 42.6. The number of carbonyl (C=O) groups is 4. The quantitative estimate of drug-likeness (QED) is 0.0260. The van der Waals surface area contributed by atoms with Gasteiger partial charge in [-0.05, 0) is 92.7 Å². The van der Waals surface area contributed by atoms with E-state index in [1.165, 1.54) is 4.90 Å². The summed E-state index contributed by atoms with van der Waals surface area (Å²) in [6.07, 6.45) is 4.23. The lowest BCUT2D eigenvalue weighted by Gasteiger charge is -2.63. The maximum absolute atomic E-state index is 14.1. The molecule has 2 aromatic heterocycles. The standard InChI is InChI=1S/C53H67ClN8O7S/c1-31(34-18-20-35(21-19-34)44-32(2)57-30-70-44)58-47(66)42-25-38(63)29-62(42)48(67)45(51(3,4)5)59-43(64)16-11-10-14-37(61-68)15-12-13-33-17-24-41(56-28-33)46(65)60-49-52(6,7)50(53(49,8)9)69-39-23-22-36(27-55)40(54)26-39/h17-24,26,28,30-31,38,42,45,49-50,63,68H,10-16,25,29H2,1-9H3,(H,58,66)(H,59,64)(H,60,65)/b61-37+/t31?,38-,42+,45?,49-,50-/m1/s1. The second-order valence-electron chi connectivity index (χ2n) is 21.0. The van der Waals surface area contributed by atoms with Crippen LogP contribution in [0, 0.1) is 34.5 Å². The number of nitrogens with one attached hydrogen (secondary N) is 3. The minimum absolute atomic E-state index is 0.0190. The Labute approximate surface area is 420 Å². The molecular weight excluding hydrogens is 928 g/mol. The van der Waals surface area contributed by atoms with Crippen LogP contribution < -0.4 is 20.7 Å². The lowest BCUT2D eigenvalue weighted by molar-refractivity contribution is -0.164. The van der Waals surface area contributed by atoms with Gasteiger partial charge in [-0.25, -0.2) is 4.98 Å². The summed E-state index contributed by atoms with van der Waals surface area (Å²) in [5.41, 5.74) is 5.39. The number of hydrogen-bond acceptors (Lipinski definition) is 12. The molecule has 3 heterocycles. The zero-order valence-electron chi connectivity index (χ0n) is 41.6. The number of aliphatic hydroxyl groups excluding tert-OH is 1. The third kappa shape index (κ3) is 12.5. The maximum atomic E-state index is 14.1. The lowest BCUT2D eigenvalue weighted by Crippen LogP contribution is -2.74. The van der Waals surface area contributed by atoms with E-state index in [0.29, 0.717) is 66.3 Å². The van der Waals surface area contributed by atoms with Crippen molar-refractivity contribution in [2.75, 3.05) is 6.54 Å². The van der Waals surface area contributed by atoms with E-state index >= 15 is 0 Å². The number of β-amino-alcohol motifs (C(OH)–C–C–N with tert-alkyl or cyclic N) is 1. The van der Waals surface area contributed by atoms with E-state index in [9.17, 15) is 34.8 Å². The highest BCUT2D eigenvalue weighted by atomic mass is 35.5. The number of amides is 4. The number of pyridine rings is 1. The second-order valence-corrected chi connectivity index (χ2v) is 22.2. The van der Waals surface area contributed by atoms with Gasteiger partial charge in [-0.3, -0.25) is 24.2 Å². The molecule has 2 aromatic carbocycles. The molecule has 2 aliphatic rings. The van der Waals surface area contributed by atoms with Crippen molar-refractivity contribution in [1.82, 2.24) is 30.8 Å². The number of aromatic nitrogens is 2. The van der Waals surface area contributed by atoms with Gasteiger partial charge in [-0.2, -0.15) is 5.26 Å². The average Bonchev–Trinajstić information content (AvgIpc) is 3.94. The predicted molar refractivity (Wildman–Crippen MR) is 271 cm³/mol. The van der Waals surface area contributed by atoms with Crippen molar-refractivity contribution < 1.29 is 34.2 Å². The number of thiazole rings is 1. The highest BCUT2D eigenvalue weighted by Gasteiger charge is 2.64. The number of unbranched alkanes of at least 4 members (excludes halogenated alkanes) is 1. The van der Waals surface area contributed by atoms with E-state index < -0.39 is 40.3 Å². The number of nitrogens with zero attached hydrogens (tertiary/aromatic N) is 5. The van der Waals surface area contributed by atoms with Crippen LogP contribution in [0.25, 0.3) is 10.4 Å². The summed E-state index contributed by atoms with van der Waals surface area (Å²) < 4.78 is 6.35. The number of rotatable bonds is 19. The molecule has 0 spiro atoms.